The van der Waals surface area contributed by atoms with Gasteiger partial charge in [0, 0.05) is 30.4 Å². The molecule has 2 aliphatic heterocycles. The highest BCUT2D eigenvalue weighted by molar-refractivity contribution is 14.0. The fourth-order valence-corrected chi connectivity index (χ4v) is 4.47. The zero-order chi connectivity index (χ0) is 17.7. The highest BCUT2D eigenvalue weighted by Gasteiger charge is 2.29. The van der Waals surface area contributed by atoms with Crippen LogP contribution in [0.4, 0.5) is 4.39 Å². The number of fused-ring (bicyclic) bond motifs is 1. The second kappa shape index (κ2) is 9.98. The van der Waals surface area contributed by atoms with E-state index in [2.05, 4.69) is 22.5 Å². The smallest absolute Gasteiger partial charge is 0.191 e. The second-order valence-corrected chi connectivity index (χ2v) is 8.35. The van der Waals surface area contributed by atoms with Gasteiger partial charge in [0.2, 0.25) is 0 Å². The molecule has 0 aliphatic carbocycles. The normalized spacial score (nSPS) is 22.2. The minimum absolute atomic E-state index is 0. The van der Waals surface area contributed by atoms with Crippen molar-refractivity contribution in [1.82, 2.24) is 10.6 Å². The first-order valence-corrected chi connectivity index (χ1v) is 9.68. The molecule has 1 fully saturated rings. The lowest BCUT2D eigenvalue weighted by molar-refractivity contribution is -0.0172. The maximum Gasteiger partial charge on any atom is 0.191 e. The van der Waals surface area contributed by atoms with Gasteiger partial charge in [-0.1, -0.05) is 0 Å². The van der Waals surface area contributed by atoms with Crippen LogP contribution >= 0.6 is 35.7 Å². The van der Waals surface area contributed by atoms with E-state index in [0.29, 0.717) is 19.6 Å². The maximum absolute atomic E-state index is 13.8. The Hall–Kier alpha value is -0.740. The van der Waals surface area contributed by atoms with Crippen LogP contribution in [-0.2, 0) is 17.8 Å². The minimum Gasteiger partial charge on any atom is -0.467 e. The van der Waals surface area contributed by atoms with Crippen LogP contribution in [-0.4, -0.2) is 43.4 Å². The van der Waals surface area contributed by atoms with Gasteiger partial charge in [0.25, 0.3) is 0 Å². The number of ether oxygens (including phenoxy) is 2. The molecule has 1 aromatic carbocycles. The van der Waals surface area contributed by atoms with E-state index in [-0.39, 0.29) is 41.3 Å². The average Bonchev–Trinajstić information content (AvgIpc) is 3.04. The molecule has 8 heteroatoms. The molecule has 26 heavy (non-hydrogen) atoms. The van der Waals surface area contributed by atoms with Gasteiger partial charge in [-0.2, -0.15) is 11.8 Å². The minimum atomic E-state index is -0.253. The Morgan fingerprint density at radius 2 is 2.23 bits per heavy atom. The number of nitrogens with zero attached hydrogens (tertiary/aromatic N) is 1. The average molecular weight is 495 g/mol. The first-order chi connectivity index (χ1) is 12.1. The van der Waals surface area contributed by atoms with Crippen LogP contribution in [0.5, 0.6) is 5.75 Å². The van der Waals surface area contributed by atoms with Crippen LogP contribution in [0.15, 0.2) is 17.1 Å². The molecule has 0 saturated carbocycles. The van der Waals surface area contributed by atoms with Crippen LogP contribution in [0.25, 0.3) is 0 Å². The first kappa shape index (κ1) is 21.6. The summed E-state index contributed by atoms with van der Waals surface area (Å²) in [5.41, 5.74) is 1.63. The van der Waals surface area contributed by atoms with Crippen molar-refractivity contribution in [3.05, 3.63) is 29.1 Å². The first-order valence-electron chi connectivity index (χ1n) is 8.70. The predicted octanol–water partition coefficient (Wildman–Crippen LogP) is 3.30. The predicted molar refractivity (Wildman–Crippen MR) is 115 cm³/mol. The Labute approximate surface area is 175 Å². The Kier molecular flexibility index (Phi) is 8.28. The summed E-state index contributed by atoms with van der Waals surface area (Å²) in [5.74, 6) is 2.52. The zero-order valence-electron chi connectivity index (χ0n) is 15.3. The van der Waals surface area contributed by atoms with Gasteiger partial charge < -0.3 is 20.1 Å². The third-order valence-electron chi connectivity index (χ3n) is 4.59. The van der Waals surface area contributed by atoms with E-state index >= 15 is 0 Å². The molecule has 2 N–H and O–H groups in total. The number of aliphatic imine (C=N–C) groups is 1. The van der Waals surface area contributed by atoms with Gasteiger partial charge in [0.15, 0.2) is 12.8 Å². The Balaban J connectivity index is 0.00000243. The second-order valence-electron chi connectivity index (χ2n) is 6.67. The van der Waals surface area contributed by atoms with Gasteiger partial charge in [0.1, 0.15) is 11.6 Å². The highest BCUT2D eigenvalue weighted by atomic mass is 127. The van der Waals surface area contributed by atoms with Crippen LogP contribution in [0.2, 0.25) is 0 Å². The SMILES string of the molecule is CN=C(NCCc1cc(F)cc2c1OCOC2)NCC1(C)CCCS1.I. The van der Waals surface area contributed by atoms with Crippen LogP contribution < -0.4 is 15.4 Å². The molecule has 0 aromatic heterocycles. The van der Waals surface area contributed by atoms with E-state index in [1.54, 1.807) is 7.05 Å². The van der Waals surface area contributed by atoms with Crippen LogP contribution in [0.3, 0.4) is 0 Å². The molecule has 1 unspecified atom stereocenters. The van der Waals surface area contributed by atoms with E-state index in [4.69, 9.17) is 9.47 Å². The van der Waals surface area contributed by atoms with Crippen molar-refractivity contribution in [3.8, 4) is 5.75 Å². The number of halogens is 2. The van der Waals surface area contributed by atoms with E-state index in [0.717, 1.165) is 29.4 Å². The van der Waals surface area contributed by atoms with Gasteiger partial charge in [-0.15, -0.1) is 24.0 Å². The quantitative estimate of drug-likeness (QED) is 0.373. The lowest BCUT2D eigenvalue weighted by atomic mass is 10.1. The Morgan fingerprint density at radius 3 is 2.96 bits per heavy atom. The number of thioether (sulfide) groups is 1. The third kappa shape index (κ3) is 5.63. The summed E-state index contributed by atoms with van der Waals surface area (Å²) in [4.78, 5) is 4.28. The lowest BCUT2D eigenvalue weighted by Gasteiger charge is -2.24. The summed E-state index contributed by atoms with van der Waals surface area (Å²) in [6.07, 6.45) is 3.17. The fraction of sp³-hybridized carbons (Fsp3) is 0.611. The molecule has 0 spiro atoms. The van der Waals surface area contributed by atoms with Crippen molar-refractivity contribution in [2.45, 2.75) is 37.5 Å². The van der Waals surface area contributed by atoms with Gasteiger partial charge in [-0.3, -0.25) is 4.99 Å². The maximum atomic E-state index is 13.8. The molecule has 2 aliphatic rings. The summed E-state index contributed by atoms with van der Waals surface area (Å²) >= 11 is 2.02. The van der Waals surface area contributed by atoms with E-state index in [1.807, 2.05) is 11.8 Å². The summed E-state index contributed by atoms with van der Waals surface area (Å²) in [6.45, 7) is 4.46. The Bertz CT molecular complexity index is 639. The number of rotatable bonds is 5. The molecule has 146 valence electrons. The largest absolute Gasteiger partial charge is 0.467 e. The fourth-order valence-electron chi connectivity index (χ4n) is 3.23. The van der Waals surface area contributed by atoms with Gasteiger partial charge in [0.05, 0.1) is 6.61 Å². The van der Waals surface area contributed by atoms with E-state index in [9.17, 15) is 4.39 Å². The Morgan fingerprint density at radius 1 is 1.38 bits per heavy atom. The van der Waals surface area contributed by atoms with Gasteiger partial charge >= 0.3 is 0 Å². The third-order valence-corrected chi connectivity index (χ3v) is 6.13. The van der Waals surface area contributed by atoms with E-state index in [1.165, 1.54) is 30.7 Å². The van der Waals surface area contributed by atoms with Crippen molar-refractivity contribution in [2.75, 3.05) is 32.7 Å². The lowest BCUT2D eigenvalue weighted by Crippen LogP contribution is -2.44. The topological polar surface area (TPSA) is 54.9 Å². The number of hydrogen-bond donors (Lipinski definition) is 2. The monoisotopic (exact) mass is 495 g/mol. The summed E-state index contributed by atoms with van der Waals surface area (Å²) in [5, 5.41) is 6.71. The molecule has 5 nitrogen and oxygen atoms in total. The molecule has 1 atom stereocenters. The van der Waals surface area contributed by atoms with Gasteiger partial charge in [-0.25, -0.2) is 4.39 Å². The highest BCUT2D eigenvalue weighted by Crippen LogP contribution is 2.36. The molecule has 0 radical (unpaired) electrons. The zero-order valence-corrected chi connectivity index (χ0v) is 18.4. The van der Waals surface area contributed by atoms with Crippen LogP contribution in [0, 0.1) is 5.82 Å². The van der Waals surface area contributed by atoms with E-state index < -0.39 is 0 Å². The number of guanidine groups is 1. The van der Waals surface area contributed by atoms with Crippen molar-refractivity contribution in [1.29, 1.82) is 0 Å². The van der Waals surface area contributed by atoms with Crippen molar-refractivity contribution < 1.29 is 13.9 Å². The molecular weight excluding hydrogens is 468 g/mol. The van der Waals surface area contributed by atoms with Crippen molar-refractivity contribution in [2.24, 2.45) is 4.99 Å². The number of nitrogens with one attached hydrogen (secondary N) is 2. The van der Waals surface area contributed by atoms with Crippen molar-refractivity contribution >= 4 is 41.7 Å². The van der Waals surface area contributed by atoms with Gasteiger partial charge in [-0.05, 0) is 49.6 Å². The summed E-state index contributed by atoms with van der Waals surface area (Å²) in [7, 11) is 1.77. The number of hydrogen-bond acceptors (Lipinski definition) is 4. The van der Waals surface area contributed by atoms with Crippen molar-refractivity contribution in [3.63, 3.8) is 0 Å². The van der Waals surface area contributed by atoms with Crippen LogP contribution in [0.1, 0.15) is 30.9 Å². The molecule has 2 heterocycles. The molecule has 1 saturated heterocycles. The number of benzene rings is 1. The summed E-state index contributed by atoms with van der Waals surface area (Å²) < 4.78 is 24.8. The summed E-state index contributed by atoms with van der Waals surface area (Å²) in [6, 6.07) is 3.02. The molecule has 3 rings (SSSR count). The molecule has 1 aromatic rings. The standard InChI is InChI=1S/C18H26FN3O2S.HI/c1-18(5-3-7-25-18)11-22-17(20-2)21-6-4-13-8-15(19)9-14-10-23-12-24-16(13)14;/h8-9H,3-7,10-12H2,1-2H3,(H2,20,21,22);1H. The molecule has 0 bridgehead atoms. The molecule has 0 amide bonds. The molecular formula is C18H27FIN3O2S.